The van der Waals surface area contributed by atoms with Crippen LogP contribution >= 0.6 is 0 Å². The van der Waals surface area contributed by atoms with Crippen LogP contribution in [-0.4, -0.2) is 43.2 Å². The van der Waals surface area contributed by atoms with Crippen molar-refractivity contribution in [3.8, 4) is 5.75 Å². The van der Waals surface area contributed by atoms with Gasteiger partial charge < -0.3 is 14.4 Å². The molecular weight excluding hydrogens is 266 g/mol. The Balaban J connectivity index is 1.46. The Bertz CT molecular complexity index is 491. The summed E-state index contributed by atoms with van der Waals surface area (Å²) in [6.07, 6.45) is 2.75. The number of para-hydroxylation sites is 1. The van der Waals surface area contributed by atoms with Crippen molar-refractivity contribution in [3.05, 3.63) is 29.8 Å². The molecule has 0 bridgehead atoms. The first-order valence-electron chi connectivity index (χ1n) is 7.86. The molecular formula is C17H23NO3. The van der Waals surface area contributed by atoms with E-state index >= 15 is 0 Å². The van der Waals surface area contributed by atoms with Gasteiger partial charge in [0.15, 0.2) is 0 Å². The topological polar surface area (TPSA) is 38.8 Å². The van der Waals surface area contributed by atoms with Crippen molar-refractivity contribution in [2.45, 2.75) is 32.3 Å². The molecule has 1 atom stereocenters. The van der Waals surface area contributed by atoms with Gasteiger partial charge in [-0.1, -0.05) is 25.1 Å². The quantitative estimate of drug-likeness (QED) is 0.834. The summed E-state index contributed by atoms with van der Waals surface area (Å²) in [5.74, 6) is 1.62. The Morgan fingerprint density at radius 1 is 1.38 bits per heavy atom. The second kappa shape index (κ2) is 6.48. The van der Waals surface area contributed by atoms with Crippen LogP contribution in [0.15, 0.2) is 24.3 Å². The third-order valence-electron chi connectivity index (χ3n) is 4.34. The minimum absolute atomic E-state index is 0.140. The predicted octanol–water partition coefficient (Wildman–Crippen LogP) is 2.27. The molecule has 1 amide bonds. The summed E-state index contributed by atoms with van der Waals surface area (Å²) in [7, 11) is 0. The highest BCUT2D eigenvalue weighted by molar-refractivity contribution is 5.77. The minimum atomic E-state index is 0.140. The minimum Gasteiger partial charge on any atom is -0.486 e. The maximum absolute atomic E-state index is 12.1. The molecule has 2 aliphatic heterocycles. The number of carbonyl (C=O) groups is 1. The van der Waals surface area contributed by atoms with Crippen molar-refractivity contribution < 1.29 is 14.3 Å². The molecule has 2 heterocycles. The van der Waals surface area contributed by atoms with Crippen LogP contribution in [0.4, 0.5) is 0 Å². The molecule has 0 radical (unpaired) electrons. The standard InChI is InChI=1S/C17H23NO3/c1-2-14-5-3-4-6-16(14)21-15-10-18(11-15)17(19)9-13-7-8-20-12-13/h3-6,13,15H,2,7-12H2,1H3. The van der Waals surface area contributed by atoms with E-state index in [1.165, 1.54) is 5.56 Å². The SMILES string of the molecule is CCc1ccccc1OC1CN(C(=O)CC2CCOC2)C1. The molecule has 1 aromatic rings. The first kappa shape index (κ1) is 14.4. The van der Waals surface area contributed by atoms with Gasteiger partial charge in [0.05, 0.1) is 13.1 Å². The number of aryl methyl sites for hydroxylation is 1. The van der Waals surface area contributed by atoms with Gasteiger partial charge in [0, 0.05) is 19.6 Å². The van der Waals surface area contributed by atoms with Gasteiger partial charge in [-0.3, -0.25) is 4.79 Å². The fourth-order valence-electron chi connectivity index (χ4n) is 2.93. The summed E-state index contributed by atoms with van der Waals surface area (Å²) in [5.41, 5.74) is 1.23. The molecule has 0 spiro atoms. The van der Waals surface area contributed by atoms with Gasteiger partial charge in [-0.15, -0.1) is 0 Å². The van der Waals surface area contributed by atoms with E-state index in [2.05, 4.69) is 13.0 Å². The molecule has 0 aromatic heterocycles. The normalized spacial score (nSPS) is 22.1. The van der Waals surface area contributed by atoms with E-state index in [0.717, 1.165) is 31.8 Å². The molecule has 114 valence electrons. The number of ether oxygens (including phenoxy) is 2. The highest BCUT2D eigenvalue weighted by Crippen LogP contribution is 2.24. The zero-order valence-corrected chi connectivity index (χ0v) is 12.6. The lowest BCUT2D eigenvalue weighted by Gasteiger charge is -2.39. The molecule has 1 aromatic carbocycles. The molecule has 0 N–H and O–H groups in total. The van der Waals surface area contributed by atoms with E-state index in [1.807, 2.05) is 23.1 Å². The molecule has 1 unspecified atom stereocenters. The van der Waals surface area contributed by atoms with Crippen molar-refractivity contribution in [1.82, 2.24) is 4.90 Å². The average molecular weight is 289 g/mol. The van der Waals surface area contributed by atoms with E-state index in [1.54, 1.807) is 0 Å². The van der Waals surface area contributed by atoms with Gasteiger partial charge in [-0.25, -0.2) is 0 Å². The van der Waals surface area contributed by atoms with Crippen LogP contribution in [0, 0.1) is 5.92 Å². The van der Waals surface area contributed by atoms with Crippen molar-refractivity contribution in [3.63, 3.8) is 0 Å². The molecule has 4 heteroatoms. The number of nitrogens with zero attached hydrogens (tertiary/aromatic N) is 1. The zero-order valence-electron chi connectivity index (χ0n) is 12.6. The Morgan fingerprint density at radius 2 is 2.19 bits per heavy atom. The predicted molar refractivity (Wildman–Crippen MR) is 80.4 cm³/mol. The molecule has 0 saturated carbocycles. The van der Waals surface area contributed by atoms with E-state index in [9.17, 15) is 4.79 Å². The zero-order chi connectivity index (χ0) is 14.7. The van der Waals surface area contributed by atoms with Gasteiger partial charge >= 0.3 is 0 Å². The monoisotopic (exact) mass is 289 g/mol. The second-order valence-corrected chi connectivity index (χ2v) is 5.93. The highest BCUT2D eigenvalue weighted by atomic mass is 16.5. The summed E-state index contributed by atoms with van der Waals surface area (Å²) < 4.78 is 11.3. The Hall–Kier alpha value is -1.55. The third-order valence-corrected chi connectivity index (χ3v) is 4.34. The number of likely N-dealkylation sites (tertiary alicyclic amines) is 1. The number of hydrogen-bond acceptors (Lipinski definition) is 3. The number of benzene rings is 1. The Labute approximate surface area is 126 Å². The van der Waals surface area contributed by atoms with E-state index in [-0.39, 0.29) is 12.0 Å². The summed E-state index contributed by atoms with van der Waals surface area (Å²) in [6, 6.07) is 8.14. The van der Waals surface area contributed by atoms with Crippen LogP contribution < -0.4 is 4.74 Å². The number of hydrogen-bond donors (Lipinski definition) is 0. The van der Waals surface area contributed by atoms with Gasteiger partial charge in [0.1, 0.15) is 11.9 Å². The van der Waals surface area contributed by atoms with Gasteiger partial charge in [-0.2, -0.15) is 0 Å². The van der Waals surface area contributed by atoms with Crippen molar-refractivity contribution in [2.75, 3.05) is 26.3 Å². The molecule has 4 nitrogen and oxygen atoms in total. The Kier molecular flexibility index (Phi) is 4.44. The van der Waals surface area contributed by atoms with Crippen LogP contribution in [0.3, 0.4) is 0 Å². The van der Waals surface area contributed by atoms with Crippen LogP contribution in [0.2, 0.25) is 0 Å². The summed E-state index contributed by atoms with van der Waals surface area (Å²) in [4.78, 5) is 14.0. The van der Waals surface area contributed by atoms with Gasteiger partial charge in [0.25, 0.3) is 0 Å². The summed E-state index contributed by atoms with van der Waals surface area (Å²) >= 11 is 0. The van der Waals surface area contributed by atoms with Crippen molar-refractivity contribution in [2.24, 2.45) is 5.92 Å². The highest BCUT2D eigenvalue weighted by Gasteiger charge is 2.33. The van der Waals surface area contributed by atoms with Crippen LogP contribution in [0.1, 0.15) is 25.3 Å². The smallest absolute Gasteiger partial charge is 0.223 e. The average Bonchev–Trinajstić information content (AvgIpc) is 2.95. The van der Waals surface area contributed by atoms with Crippen LogP contribution in [0.5, 0.6) is 5.75 Å². The second-order valence-electron chi connectivity index (χ2n) is 5.93. The maximum atomic E-state index is 12.1. The van der Waals surface area contributed by atoms with Gasteiger partial charge in [-0.05, 0) is 30.4 Å². The molecule has 2 aliphatic rings. The lowest BCUT2D eigenvalue weighted by Crippen LogP contribution is -2.56. The van der Waals surface area contributed by atoms with E-state index in [0.29, 0.717) is 25.4 Å². The number of amides is 1. The maximum Gasteiger partial charge on any atom is 0.223 e. The molecule has 0 aliphatic carbocycles. The first-order chi connectivity index (χ1) is 10.3. The van der Waals surface area contributed by atoms with E-state index < -0.39 is 0 Å². The van der Waals surface area contributed by atoms with Crippen LogP contribution in [-0.2, 0) is 16.0 Å². The largest absolute Gasteiger partial charge is 0.486 e. The van der Waals surface area contributed by atoms with Crippen molar-refractivity contribution in [1.29, 1.82) is 0 Å². The molecule has 3 rings (SSSR count). The summed E-state index contributed by atoms with van der Waals surface area (Å²) in [6.45, 7) is 5.10. The molecule has 2 fully saturated rings. The van der Waals surface area contributed by atoms with Crippen molar-refractivity contribution >= 4 is 5.91 Å². The number of carbonyl (C=O) groups excluding carboxylic acids is 1. The first-order valence-corrected chi connectivity index (χ1v) is 7.86. The van der Waals surface area contributed by atoms with Gasteiger partial charge in [0.2, 0.25) is 5.91 Å². The fraction of sp³-hybridized carbons (Fsp3) is 0.588. The lowest BCUT2D eigenvalue weighted by atomic mass is 10.0. The third kappa shape index (κ3) is 3.38. The summed E-state index contributed by atoms with van der Waals surface area (Å²) in [5, 5.41) is 0. The van der Waals surface area contributed by atoms with E-state index in [4.69, 9.17) is 9.47 Å². The molecule has 2 saturated heterocycles. The lowest BCUT2D eigenvalue weighted by molar-refractivity contribution is -0.141. The van der Waals surface area contributed by atoms with Crippen LogP contribution in [0.25, 0.3) is 0 Å². The fourth-order valence-corrected chi connectivity index (χ4v) is 2.93. The molecule has 21 heavy (non-hydrogen) atoms. The Morgan fingerprint density at radius 3 is 2.90 bits per heavy atom. The number of rotatable bonds is 5.